The van der Waals surface area contributed by atoms with Crippen LogP contribution in [0.15, 0.2) is 0 Å². The van der Waals surface area contributed by atoms with E-state index in [-0.39, 0.29) is 11.7 Å². The van der Waals surface area contributed by atoms with Crippen molar-refractivity contribution >= 4 is 23.4 Å². The molecule has 0 spiro atoms. The molecule has 0 fully saturated rings. The average Bonchev–Trinajstić information content (AvgIpc) is 1.95. The molecule has 2 N–H and O–H groups in total. The molecule has 0 rings (SSSR count). The van der Waals surface area contributed by atoms with E-state index in [1.54, 1.807) is 20.8 Å². The van der Waals surface area contributed by atoms with Crippen LogP contribution in [-0.2, 0) is 4.74 Å². The summed E-state index contributed by atoms with van der Waals surface area (Å²) in [5.74, 6) is 0. The van der Waals surface area contributed by atoms with Crippen LogP contribution in [0.2, 0.25) is 0 Å². The molecular formula is C10H19FN2O2S. The van der Waals surface area contributed by atoms with Crippen molar-refractivity contribution < 1.29 is 13.9 Å². The summed E-state index contributed by atoms with van der Waals surface area (Å²) in [6.07, 6.45) is -0.651. The Morgan fingerprint density at radius 3 is 2.19 bits per heavy atom. The van der Waals surface area contributed by atoms with Gasteiger partial charge in [-0.15, -0.1) is 0 Å². The number of thiocarbonyl (C=S) groups is 1. The van der Waals surface area contributed by atoms with Gasteiger partial charge in [-0.1, -0.05) is 0 Å². The monoisotopic (exact) mass is 250 g/mol. The van der Waals surface area contributed by atoms with E-state index >= 15 is 0 Å². The molecule has 0 aliphatic carbocycles. The van der Waals surface area contributed by atoms with Crippen LogP contribution in [0, 0.1) is 0 Å². The molecule has 94 valence electrons. The van der Waals surface area contributed by atoms with Crippen LogP contribution in [0.25, 0.3) is 0 Å². The van der Waals surface area contributed by atoms with E-state index in [2.05, 4.69) is 10.6 Å². The lowest BCUT2D eigenvalue weighted by Crippen LogP contribution is -2.45. The number of carbonyl (C=O) groups is 1. The lowest BCUT2D eigenvalue weighted by molar-refractivity contribution is 0.0562. The molecule has 0 aliphatic rings. The van der Waals surface area contributed by atoms with E-state index in [4.69, 9.17) is 17.0 Å². The first-order valence-electron chi connectivity index (χ1n) is 4.96. The normalized spacial score (nSPS) is 11.9. The van der Waals surface area contributed by atoms with Crippen molar-refractivity contribution in [3.05, 3.63) is 0 Å². The maximum atomic E-state index is 13.1. The fourth-order valence-corrected chi connectivity index (χ4v) is 0.886. The first-order chi connectivity index (χ1) is 6.99. The molecule has 0 bridgehead atoms. The summed E-state index contributed by atoms with van der Waals surface area (Å²) in [7, 11) is 0. The molecule has 0 saturated heterocycles. The van der Waals surface area contributed by atoms with Crippen LogP contribution in [0.5, 0.6) is 0 Å². The van der Waals surface area contributed by atoms with Gasteiger partial charge in [0.1, 0.15) is 11.3 Å². The smallest absolute Gasteiger partial charge is 0.413 e. The Morgan fingerprint density at radius 1 is 1.31 bits per heavy atom. The summed E-state index contributed by atoms with van der Waals surface area (Å²) in [5, 5.41) is 4.94. The number of carbonyl (C=O) groups excluding carboxylic acids is 1. The van der Waals surface area contributed by atoms with Gasteiger partial charge in [0.2, 0.25) is 0 Å². The Hall–Kier alpha value is -0.910. The number of halogens is 1. The minimum absolute atomic E-state index is 0.0294. The first kappa shape index (κ1) is 15.1. The molecule has 0 atom stereocenters. The number of amides is 1. The van der Waals surface area contributed by atoms with E-state index in [1.807, 2.05) is 0 Å². The van der Waals surface area contributed by atoms with E-state index in [0.717, 1.165) is 0 Å². The summed E-state index contributed by atoms with van der Waals surface area (Å²) in [6.45, 7) is 8.09. The van der Waals surface area contributed by atoms with Crippen molar-refractivity contribution in [1.29, 1.82) is 0 Å². The molecule has 6 heteroatoms. The van der Waals surface area contributed by atoms with Crippen LogP contribution in [0.3, 0.4) is 0 Å². The van der Waals surface area contributed by atoms with E-state index < -0.39 is 17.4 Å². The number of hydrogen-bond donors (Lipinski definition) is 2. The first-order valence-corrected chi connectivity index (χ1v) is 5.37. The highest BCUT2D eigenvalue weighted by atomic mass is 32.1. The van der Waals surface area contributed by atoms with Gasteiger partial charge in [-0.25, -0.2) is 9.18 Å². The van der Waals surface area contributed by atoms with Gasteiger partial charge in [0.25, 0.3) is 0 Å². The molecule has 0 aliphatic heterocycles. The van der Waals surface area contributed by atoms with Gasteiger partial charge >= 0.3 is 6.09 Å². The van der Waals surface area contributed by atoms with Crippen molar-refractivity contribution in [3.8, 4) is 0 Å². The van der Waals surface area contributed by atoms with Gasteiger partial charge in [-0.3, -0.25) is 5.32 Å². The molecule has 0 radical (unpaired) electrons. The summed E-state index contributed by atoms with van der Waals surface area (Å²) >= 11 is 4.80. The maximum absolute atomic E-state index is 13.1. The largest absolute Gasteiger partial charge is 0.444 e. The van der Waals surface area contributed by atoms with E-state index in [9.17, 15) is 9.18 Å². The molecule has 16 heavy (non-hydrogen) atoms. The molecule has 0 unspecified atom stereocenters. The predicted molar refractivity (Wildman–Crippen MR) is 65.2 cm³/mol. The summed E-state index contributed by atoms with van der Waals surface area (Å²) in [6, 6.07) is 0. The number of alkyl halides is 1. The number of nitrogens with one attached hydrogen (secondary N) is 2. The Morgan fingerprint density at radius 2 is 1.81 bits per heavy atom. The van der Waals surface area contributed by atoms with Gasteiger partial charge in [0.05, 0.1) is 6.54 Å². The Balaban J connectivity index is 3.93. The minimum Gasteiger partial charge on any atom is -0.444 e. The number of alkyl carbamates (subject to hydrolysis) is 1. The third kappa shape index (κ3) is 9.64. The average molecular weight is 250 g/mol. The van der Waals surface area contributed by atoms with E-state index in [1.165, 1.54) is 13.8 Å². The maximum Gasteiger partial charge on any atom is 0.413 e. The quantitative estimate of drug-likeness (QED) is 0.737. The standard InChI is InChI=1S/C10H19FN2O2S/c1-9(2,3)15-8(14)13-7(16)12-6-10(4,5)11/h6H2,1-5H3,(H2,12,13,14,16). The lowest BCUT2D eigenvalue weighted by atomic mass is 10.2. The summed E-state index contributed by atoms with van der Waals surface area (Å²) < 4.78 is 18.1. The van der Waals surface area contributed by atoms with E-state index in [0.29, 0.717) is 0 Å². The topological polar surface area (TPSA) is 50.4 Å². The zero-order valence-electron chi connectivity index (χ0n) is 10.3. The molecule has 0 aromatic heterocycles. The fraction of sp³-hybridized carbons (Fsp3) is 0.800. The highest BCUT2D eigenvalue weighted by Crippen LogP contribution is 2.07. The van der Waals surface area contributed by atoms with Crippen molar-refractivity contribution in [2.75, 3.05) is 6.54 Å². The van der Waals surface area contributed by atoms with Gasteiger partial charge in [0, 0.05) is 0 Å². The van der Waals surface area contributed by atoms with Crippen LogP contribution in [-0.4, -0.2) is 29.0 Å². The molecule has 0 saturated carbocycles. The van der Waals surface area contributed by atoms with Gasteiger partial charge in [-0.2, -0.15) is 0 Å². The Kier molecular flexibility index (Phi) is 5.12. The predicted octanol–water partition coefficient (Wildman–Crippen LogP) is 2.13. The third-order valence-corrected chi connectivity index (χ3v) is 1.53. The molecule has 0 aromatic carbocycles. The highest BCUT2D eigenvalue weighted by molar-refractivity contribution is 7.80. The van der Waals surface area contributed by atoms with Crippen molar-refractivity contribution in [2.45, 2.75) is 45.9 Å². The molecule has 0 aromatic rings. The summed E-state index contributed by atoms with van der Waals surface area (Å²) in [4.78, 5) is 11.2. The second-order valence-electron chi connectivity index (χ2n) is 5.03. The minimum atomic E-state index is -1.39. The van der Waals surface area contributed by atoms with Gasteiger partial charge < -0.3 is 10.1 Å². The van der Waals surface area contributed by atoms with Crippen LogP contribution in [0.4, 0.5) is 9.18 Å². The zero-order valence-corrected chi connectivity index (χ0v) is 11.1. The highest BCUT2D eigenvalue weighted by Gasteiger charge is 2.19. The van der Waals surface area contributed by atoms with Crippen LogP contribution >= 0.6 is 12.2 Å². The summed E-state index contributed by atoms with van der Waals surface area (Å²) in [5.41, 5.74) is -1.97. The van der Waals surface area contributed by atoms with Crippen molar-refractivity contribution in [1.82, 2.24) is 10.6 Å². The molecule has 0 heterocycles. The van der Waals surface area contributed by atoms with Crippen LogP contribution in [0.1, 0.15) is 34.6 Å². The second kappa shape index (κ2) is 5.43. The van der Waals surface area contributed by atoms with Gasteiger partial charge in [-0.05, 0) is 46.8 Å². The van der Waals surface area contributed by atoms with Gasteiger partial charge in [0.15, 0.2) is 5.11 Å². The number of rotatable bonds is 2. The zero-order chi connectivity index (χ0) is 13.0. The SMILES string of the molecule is CC(C)(F)CNC(=S)NC(=O)OC(C)(C)C. The lowest BCUT2D eigenvalue weighted by Gasteiger charge is -2.21. The second-order valence-corrected chi connectivity index (χ2v) is 5.44. The Labute approximate surface area is 101 Å². The molecule has 4 nitrogen and oxygen atoms in total. The fourth-order valence-electron chi connectivity index (χ4n) is 0.731. The number of ether oxygens (including phenoxy) is 1. The van der Waals surface area contributed by atoms with Crippen molar-refractivity contribution in [2.24, 2.45) is 0 Å². The van der Waals surface area contributed by atoms with Crippen LogP contribution < -0.4 is 10.6 Å². The van der Waals surface area contributed by atoms with Crippen molar-refractivity contribution in [3.63, 3.8) is 0 Å². The number of hydrogen-bond acceptors (Lipinski definition) is 3. The molecular weight excluding hydrogens is 231 g/mol. The molecule has 1 amide bonds. The third-order valence-electron chi connectivity index (χ3n) is 1.28. The Bertz CT molecular complexity index is 269.